The zero-order valence-electron chi connectivity index (χ0n) is 14.4. The van der Waals surface area contributed by atoms with E-state index in [-0.39, 0.29) is 5.60 Å². The highest BCUT2D eigenvalue weighted by atomic mass is 19.4. The summed E-state index contributed by atoms with van der Waals surface area (Å²) in [4.78, 5) is 13.3. The highest BCUT2D eigenvalue weighted by molar-refractivity contribution is 5.74. The summed E-state index contributed by atoms with van der Waals surface area (Å²) >= 11 is 0. The zero-order chi connectivity index (χ0) is 18.6. The third-order valence-electron chi connectivity index (χ3n) is 5.54. The zero-order valence-corrected chi connectivity index (χ0v) is 14.4. The van der Waals surface area contributed by atoms with E-state index in [0.717, 1.165) is 25.1 Å². The van der Waals surface area contributed by atoms with Crippen LogP contribution in [0.2, 0.25) is 0 Å². The molecule has 4 heterocycles. The van der Waals surface area contributed by atoms with E-state index in [9.17, 15) is 13.2 Å². The molecule has 0 unspecified atom stereocenters. The highest BCUT2D eigenvalue weighted by Crippen LogP contribution is 2.44. The molecule has 2 aromatic heterocycles. The van der Waals surface area contributed by atoms with Gasteiger partial charge >= 0.3 is 6.18 Å². The first kappa shape index (κ1) is 16.6. The Morgan fingerprint density at radius 2 is 1.93 bits per heavy atom. The number of halogens is 3. The second kappa shape index (κ2) is 5.69. The number of hydrogen-bond acceptors (Lipinski definition) is 4. The van der Waals surface area contributed by atoms with Gasteiger partial charge in [-0.25, -0.2) is 4.98 Å². The maximum absolute atomic E-state index is 12.9. The van der Waals surface area contributed by atoms with Crippen LogP contribution in [0.1, 0.15) is 29.5 Å². The number of alkyl halides is 3. The quantitative estimate of drug-likeness (QED) is 0.700. The number of nitrogens with one attached hydrogen (secondary N) is 1. The Balaban J connectivity index is 1.38. The maximum atomic E-state index is 12.9. The summed E-state index contributed by atoms with van der Waals surface area (Å²) in [7, 11) is 0. The Hall–Kier alpha value is -2.61. The number of H-pyrrole nitrogens is 1. The summed E-state index contributed by atoms with van der Waals surface area (Å²) in [5, 5.41) is 0. The van der Waals surface area contributed by atoms with Gasteiger partial charge in [-0.15, -0.1) is 0 Å². The molecule has 3 aromatic rings. The fourth-order valence-electron chi connectivity index (χ4n) is 4.07. The molecule has 5 rings (SSSR count). The van der Waals surface area contributed by atoms with E-state index < -0.39 is 11.7 Å². The number of benzene rings is 1. The number of aromatic nitrogens is 3. The summed E-state index contributed by atoms with van der Waals surface area (Å²) in [5.41, 5.74) is 2.03. The number of pyridine rings is 1. The van der Waals surface area contributed by atoms with E-state index in [4.69, 9.17) is 4.74 Å². The Morgan fingerprint density at radius 1 is 1.15 bits per heavy atom. The average Bonchev–Trinajstić information content (AvgIpc) is 3.24. The van der Waals surface area contributed by atoms with Gasteiger partial charge in [-0.2, -0.15) is 18.2 Å². The van der Waals surface area contributed by atoms with Crippen LogP contribution in [0.3, 0.4) is 0 Å². The molecule has 2 aliphatic heterocycles. The van der Waals surface area contributed by atoms with Crippen LogP contribution in [0.5, 0.6) is 0 Å². The van der Waals surface area contributed by atoms with Crippen LogP contribution in [0.25, 0.3) is 11.2 Å². The van der Waals surface area contributed by atoms with Gasteiger partial charge < -0.3 is 14.6 Å². The molecule has 140 valence electrons. The lowest BCUT2D eigenvalue weighted by atomic mass is 9.84. The van der Waals surface area contributed by atoms with Crippen LogP contribution in [0, 0.1) is 0 Å². The Kier molecular flexibility index (Phi) is 3.49. The second-order valence-electron chi connectivity index (χ2n) is 7.08. The Labute approximate surface area is 153 Å². The number of ether oxygens (including phenoxy) is 1. The van der Waals surface area contributed by atoms with Gasteiger partial charge in [0.05, 0.1) is 23.3 Å². The Bertz CT molecular complexity index is 1010. The standard InChI is InChI=1S/C19H17F3N4O/c20-19(21,22)13-9-15-16(23-10-13)25-17(24-15)26-7-5-18(6-8-26)14-4-2-1-3-12(14)11-27-18/h1-4,9-10H,5-8,11H2,(H,23,24,25). The largest absolute Gasteiger partial charge is 0.417 e. The maximum Gasteiger partial charge on any atom is 0.417 e. The van der Waals surface area contributed by atoms with Gasteiger partial charge in [0.1, 0.15) is 0 Å². The van der Waals surface area contributed by atoms with Crippen molar-refractivity contribution in [3.8, 4) is 0 Å². The van der Waals surface area contributed by atoms with E-state index in [1.54, 1.807) is 0 Å². The number of anilines is 1. The van der Waals surface area contributed by atoms with Crippen molar-refractivity contribution < 1.29 is 17.9 Å². The first-order chi connectivity index (χ1) is 12.9. The number of rotatable bonds is 1. The molecule has 1 fully saturated rings. The molecule has 0 atom stereocenters. The number of nitrogens with zero attached hydrogens (tertiary/aromatic N) is 3. The van der Waals surface area contributed by atoms with Gasteiger partial charge in [0, 0.05) is 19.3 Å². The van der Waals surface area contributed by atoms with Crippen LogP contribution in [0.4, 0.5) is 19.1 Å². The van der Waals surface area contributed by atoms with Crippen molar-refractivity contribution in [3.05, 3.63) is 53.2 Å². The molecule has 0 radical (unpaired) electrons. The summed E-state index contributed by atoms with van der Waals surface area (Å²) < 4.78 is 44.8. The van der Waals surface area contributed by atoms with Crippen LogP contribution in [-0.4, -0.2) is 28.0 Å². The first-order valence-corrected chi connectivity index (χ1v) is 8.85. The van der Waals surface area contributed by atoms with E-state index in [2.05, 4.69) is 27.1 Å². The predicted octanol–water partition coefficient (Wildman–Crippen LogP) is 4.00. The Morgan fingerprint density at radius 3 is 2.70 bits per heavy atom. The predicted molar refractivity (Wildman–Crippen MR) is 93.2 cm³/mol. The van der Waals surface area contributed by atoms with Gasteiger partial charge in [0.2, 0.25) is 5.95 Å². The van der Waals surface area contributed by atoms with Gasteiger partial charge in [-0.1, -0.05) is 24.3 Å². The van der Waals surface area contributed by atoms with E-state index in [1.165, 1.54) is 11.1 Å². The molecule has 0 aliphatic carbocycles. The molecule has 0 bridgehead atoms. The first-order valence-electron chi connectivity index (χ1n) is 8.85. The third-order valence-corrected chi connectivity index (χ3v) is 5.54. The molecular weight excluding hydrogens is 357 g/mol. The highest BCUT2D eigenvalue weighted by Gasteiger charge is 2.42. The minimum absolute atomic E-state index is 0.263. The summed E-state index contributed by atoms with van der Waals surface area (Å²) in [6.45, 7) is 2.05. The normalized spacial score (nSPS) is 19.0. The lowest BCUT2D eigenvalue weighted by Gasteiger charge is -2.39. The van der Waals surface area contributed by atoms with Crippen molar-refractivity contribution in [2.45, 2.75) is 31.2 Å². The van der Waals surface area contributed by atoms with Crippen LogP contribution >= 0.6 is 0 Å². The molecule has 1 saturated heterocycles. The molecule has 0 amide bonds. The van der Waals surface area contributed by atoms with Crippen molar-refractivity contribution in [1.29, 1.82) is 0 Å². The monoisotopic (exact) mass is 374 g/mol. The summed E-state index contributed by atoms with van der Waals surface area (Å²) in [5.74, 6) is 0.554. The fraction of sp³-hybridized carbons (Fsp3) is 0.368. The molecular formula is C19H17F3N4O. The van der Waals surface area contributed by atoms with Gasteiger partial charge in [0.15, 0.2) is 5.65 Å². The van der Waals surface area contributed by atoms with Crippen molar-refractivity contribution in [2.24, 2.45) is 0 Å². The molecule has 0 saturated carbocycles. The van der Waals surface area contributed by atoms with Crippen LogP contribution in [0.15, 0.2) is 36.5 Å². The van der Waals surface area contributed by atoms with Crippen molar-refractivity contribution in [2.75, 3.05) is 18.0 Å². The van der Waals surface area contributed by atoms with E-state index in [1.807, 2.05) is 17.0 Å². The molecule has 1 aromatic carbocycles. The smallest absolute Gasteiger partial charge is 0.365 e. The number of hydrogen-bond donors (Lipinski definition) is 1. The lowest BCUT2D eigenvalue weighted by molar-refractivity contribution is -0.137. The number of aromatic amines is 1. The average molecular weight is 374 g/mol. The number of fused-ring (bicyclic) bond motifs is 3. The fourth-order valence-corrected chi connectivity index (χ4v) is 4.07. The van der Waals surface area contributed by atoms with E-state index >= 15 is 0 Å². The molecule has 1 N–H and O–H groups in total. The summed E-state index contributed by atoms with van der Waals surface area (Å²) in [6.07, 6.45) is -1.98. The molecule has 2 aliphatic rings. The number of imidazole rings is 1. The summed E-state index contributed by atoms with van der Waals surface area (Å²) in [6, 6.07) is 9.33. The van der Waals surface area contributed by atoms with E-state index in [0.29, 0.717) is 36.8 Å². The van der Waals surface area contributed by atoms with Crippen LogP contribution < -0.4 is 4.90 Å². The third kappa shape index (κ3) is 2.66. The topological polar surface area (TPSA) is 54.0 Å². The number of piperidine rings is 1. The molecule has 5 nitrogen and oxygen atoms in total. The SMILES string of the molecule is FC(F)(F)c1cnc2nc(N3CCC4(CC3)OCc3ccccc34)[nH]c2c1. The van der Waals surface area contributed by atoms with Crippen molar-refractivity contribution >= 4 is 17.1 Å². The molecule has 27 heavy (non-hydrogen) atoms. The van der Waals surface area contributed by atoms with Crippen molar-refractivity contribution in [1.82, 2.24) is 15.0 Å². The van der Waals surface area contributed by atoms with Crippen molar-refractivity contribution in [3.63, 3.8) is 0 Å². The van der Waals surface area contributed by atoms with Gasteiger partial charge in [-0.05, 0) is 30.0 Å². The van der Waals surface area contributed by atoms with Gasteiger partial charge in [-0.3, -0.25) is 0 Å². The van der Waals surface area contributed by atoms with Crippen LogP contribution in [-0.2, 0) is 23.1 Å². The minimum Gasteiger partial charge on any atom is -0.365 e. The second-order valence-corrected chi connectivity index (χ2v) is 7.08. The lowest BCUT2D eigenvalue weighted by Crippen LogP contribution is -2.43. The molecule has 1 spiro atoms. The minimum atomic E-state index is -4.42. The molecule has 8 heteroatoms. The van der Waals surface area contributed by atoms with Gasteiger partial charge in [0.25, 0.3) is 0 Å².